The molecule has 0 fully saturated rings. The number of benzene rings is 4. The van der Waals surface area contributed by atoms with E-state index in [0.717, 1.165) is 53.6 Å². The van der Waals surface area contributed by atoms with E-state index >= 15 is 0 Å². The van der Waals surface area contributed by atoms with Crippen molar-refractivity contribution in [3.63, 3.8) is 0 Å². The van der Waals surface area contributed by atoms with E-state index in [4.69, 9.17) is 132 Å². The van der Waals surface area contributed by atoms with Crippen LogP contribution in [-0.4, -0.2) is 120 Å². The monoisotopic (exact) mass is 1300 g/mol. The molecule has 436 valence electrons. The molecule has 26 heteroatoms. The van der Waals surface area contributed by atoms with E-state index in [1.807, 2.05) is 54.6 Å². The van der Waals surface area contributed by atoms with Gasteiger partial charge in [0.15, 0.2) is 0 Å². The number of nitrogen functional groups attached to an aromatic ring is 1. The molecule has 0 radical (unpaired) electrons. The molecule has 0 bridgehead atoms. The summed E-state index contributed by atoms with van der Waals surface area (Å²) in [6, 6.07) is 23.0. The number of rotatable bonds is 13. The van der Waals surface area contributed by atoms with Crippen LogP contribution in [0.2, 0.25) is 20.1 Å². The van der Waals surface area contributed by atoms with Crippen molar-refractivity contribution < 1.29 is 38.1 Å². The summed E-state index contributed by atoms with van der Waals surface area (Å²) in [5, 5.41) is 8.17. The number of likely N-dealkylation sites (N-methyl/N-ethyl adjacent to an activating group) is 2. The van der Waals surface area contributed by atoms with Crippen LogP contribution < -0.4 is 22.1 Å². The highest BCUT2D eigenvalue weighted by atomic mass is 35.6. The number of amides is 2. The molecule has 2 heterocycles. The molecule has 6 rings (SSSR count). The lowest BCUT2D eigenvalue weighted by atomic mass is 9.85. The molecule has 0 aliphatic carbocycles. The SMILES string of the molecule is CCN(CC)CC.CCOC(=O)CCN.CCOC(=O)CCNC(=O)Nc1ccc(C2CN(C)Cc3c(Cl)cc(Cl)cc32)cc1.CN1Cc2c(Cl)cc(Cl)cc2C(c2ccc(N)cc2)C1.Cl.O=C(OC(Cl)(Cl)Cl)OC(Cl)(Cl)Cl. The van der Waals surface area contributed by atoms with Crippen molar-refractivity contribution in [1.82, 2.24) is 20.0 Å². The first-order valence-corrected chi connectivity index (χ1v) is 28.1. The Morgan fingerprint density at radius 3 is 1.40 bits per heavy atom. The minimum atomic E-state index is -2.24. The molecular weight excluding hydrogens is 1240 g/mol. The quantitative estimate of drug-likeness (QED) is 0.0428. The van der Waals surface area contributed by atoms with Crippen molar-refractivity contribution >= 4 is 164 Å². The Hall–Kier alpha value is -2.81. The average molecular weight is 1310 g/mol. The number of carbonyl (C=O) groups excluding carboxylic acids is 4. The molecular formula is C52H68Cl11N7O8. The summed E-state index contributed by atoms with van der Waals surface area (Å²) < 4.78 is 12.9. The lowest BCUT2D eigenvalue weighted by Gasteiger charge is -2.33. The van der Waals surface area contributed by atoms with Gasteiger partial charge in [-0.15, -0.1) is 12.4 Å². The van der Waals surface area contributed by atoms with Crippen LogP contribution in [0.3, 0.4) is 0 Å². The zero-order valence-electron chi connectivity index (χ0n) is 44.2. The Morgan fingerprint density at radius 1 is 0.641 bits per heavy atom. The van der Waals surface area contributed by atoms with E-state index in [2.05, 4.69) is 86.5 Å². The largest absolute Gasteiger partial charge is 0.515 e. The van der Waals surface area contributed by atoms with Crippen molar-refractivity contribution in [1.29, 1.82) is 0 Å². The lowest BCUT2D eigenvalue weighted by molar-refractivity contribution is -0.143. The van der Waals surface area contributed by atoms with Crippen molar-refractivity contribution in [2.45, 2.75) is 80.3 Å². The molecule has 2 amide bonds. The summed E-state index contributed by atoms with van der Waals surface area (Å²) in [4.78, 5) is 51.1. The molecule has 4 aromatic rings. The Morgan fingerprint density at radius 2 is 1.04 bits per heavy atom. The maximum Gasteiger partial charge on any atom is 0.515 e. The fourth-order valence-corrected chi connectivity index (χ4v) is 9.22. The van der Waals surface area contributed by atoms with Crippen molar-refractivity contribution in [2.75, 3.05) is 84.2 Å². The molecule has 2 atom stereocenters. The highest BCUT2D eigenvalue weighted by molar-refractivity contribution is 6.67. The first-order chi connectivity index (χ1) is 36.2. The number of esters is 2. The molecule has 78 heavy (non-hydrogen) atoms. The van der Waals surface area contributed by atoms with Gasteiger partial charge in [0, 0.05) is 82.6 Å². The number of anilines is 2. The zero-order valence-corrected chi connectivity index (χ0v) is 52.6. The van der Waals surface area contributed by atoms with Gasteiger partial charge in [-0.1, -0.05) is 91.4 Å². The number of halogens is 11. The van der Waals surface area contributed by atoms with Crippen LogP contribution in [0.4, 0.5) is 21.0 Å². The van der Waals surface area contributed by atoms with Gasteiger partial charge in [0.2, 0.25) is 0 Å². The van der Waals surface area contributed by atoms with Gasteiger partial charge in [-0.2, -0.15) is 0 Å². The van der Waals surface area contributed by atoms with Crippen LogP contribution in [0.15, 0.2) is 72.8 Å². The van der Waals surface area contributed by atoms with Gasteiger partial charge in [0.25, 0.3) is 0 Å². The Balaban J connectivity index is 0.000000545. The number of carbonyl (C=O) groups is 4. The summed E-state index contributed by atoms with van der Waals surface area (Å²) in [6.45, 7) is 18.5. The number of nitrogens with two attached hydrogens (primary N) is 2. The lowest BCUT2D eigenvalue weighted by Crippen LogP contribution is -2.31. The van der Waals surface area contributed by atoms with E-state index in [-0.39, 0.29) is 55.2 Å². The Labute approximate surface area is 514 Å². The van der Waals surface area contributed by atoms with Gasteiger partial charge in [0.05, 0.1) is 26.1 Å². The average Bonchev–Trinajstić information content (AvgIpc) is 3.33. The van der Waals surface area contributed by atoms with Crippen molar-refractivity contribution in [3.05, 3.63) is 126 Å². The van der Waals surface area contributed by atoms with E-state index < -0.39 is 14.1 Å². The second-order valence-corrected chi connectivity index (χ2v) is 23.0. The molecule has 2 unspecified atom stereocenters. The van der Waals surface area contributed by atoms with Gasteiger partial charge < -0.3 is 55.7 Å². The molecule has 2 aliphatic heterocycles. The van der Waals surface area contributed by atoms with E-state index in [1.165, 1.54) is 36.3 Å². The number of hydrogen-bond acceptors (Lipinski definition) is 13. The molecule has 0 saturated heterocycles. The third-order valence-corrected chi connectivity index (χ3v) is 12.8. The second-order valence-electron chi connectivity index (χ2n) is 16.9. The number of urea groups is 1. The molecule has 15 nitrogen and oxygen atoms in total. The van der Waals surface area contributed by atoms with Crippen LogP contribution in [0, 0.1) is 0 Å². The summed E-state index contributed by atoms with van der Waals surface area (Å²) >= 11 is 55.4. The van der Waals surface area contributed by atoms with Crippen molar-refractivity contribution in [2.24, 2.45) is 5.73 Å². The summed E-state index contributed by atoms with van der Waals surface area (Å²) in [7, 11) is 4.18. The maximum atomic E-state index is 12.0. The van der Waals surface area contributed by atoms with Crippen molar-refractivity contribution in [3.8, 4) is 0 Å². The van der Waals surface area contributed by atoms with Gasteiger partial charge in [-0.25, -0.2) is 9.59 Å². The summed E-state index contributed by atoms with van der Waals surface area (Å²) in [5.41, 5.74) is 19.3. The third kappa shape index (κ3) is 28.3. The number of nitrogens with one attached hydrogen (secondary N) is 2. The number of alkyl halides is 6. The highest BCUT2D eigenvalue weighted by Crippen LogP contribution is 2.40. The predicted molar refractivity (Wildman–Crippen MR) is 324 cm³/mol. The van der Waals surface area contributed by atoms with E-state index in [9.17, 15) is 19.2 Å². The normalized spacial score (nSPS) is 14.7. The number of fused-ring (bicyclic) bond motifs is 2. The van der Waals surface area contributed by atoms with E-state index in [1.54, 1.807) is 19.9 Å². The first kappa shape index (κ1) is 73.2. The maximum absolute atomic E-state index is 12.0. The number of nitrogens with zero attached hydrogens (tertiary/aromatic N) is 3. The summed E-state index contributed by atoms with van der Waals surface area (Å²) in [5.74, 6) is -0.127. The molecule has 4 aromatic carbocycles. The smallest absolute Gasteiger partial charge is 0.466 e. The molecule has 6 N–H and O–H groups in total. The van der Waals surface area contributed by atoms with Crippen LogP contribution in [0.25, 0.3) is 0 Å². The van der Waals surface area contributed by atoms with Crippen LogP contribution in [-0.2, 0) is 41.6 Å². The second kappa shape index (κ2) is 37.3. The van der Waals surface area contributed by atoms with Crippen LogP contribution in [0.1, 0.15) is 92.7 Å². The minimum Gasteiger partial charge on any atom is -0.466 e. The highest BCUT2D eigenvalue weighted by Gasteiger charge is 2.33. The number of hydrogen-bond donors (Lipinski definition) is 4. The molecule has 2 aliphatic rings. The molecule has 0 aromatic heterocycles. The van der Waals surface area contributed by atoms with Gasteiger partial charge >= 0.3 is 32.1 Å². The van der Waals surface area contributed by atoms with Gasteiger partial charge in [0.1, 0.15) is 0 Å². The summed E-state index contributed by atoms with van der Waals surface area (Å²) in [6.07, 6.45) is -0.941. The fraction of sp³-hybridized carbons (Fsp3) is 0.462. The van der Waals surface area contributed by atoms with E-state index in [0.29, 0.717) is 46.9 Å². The first-order valence-electron chi connectivity index (χ1n) is 24.3. The predicted octanol–water partition coefficient (Wildman–Crippen LogP) is 14.3. The number of ether oxygens (including phenoxy) is 4. The molecule has 0 saturated carbocycles. The Bertz CT molecular complexity index is 2440. The molecule has 0 spiro atoms. The van der Waals surface area contributed by atoms with Gasteiger partial charge in [-0.05, 0) is 199 Å². The zero-order chi connectivity index (χ0) is 58.0. The van der Waals surface area contributed by atoms with Crippen LogP contribution in [0.5, 0.6) is 0 Å². The Kier molecular flexibility index (Phi) is 35.0. The standard InChI is InChI=1S/C22H25Cl2N3O3.C16H16Cl2N2.C6H15N.C5H11NO2.C3Cl6O3.ClH/c1-3-30-21(28)8-9-25-22(29)26-16-6-4-14(5-7-16)18-12-27(2)13-19-17(18)10-15(23)11-20(19)24;1-20-8-14(10-2-4-12(19)5-3-10)13-6-11(17)7-16(18)15(13)9-20;1-4-7(5-2)6-3;1-2-8-5(7)3-4-6;4-2(5,6)11-1(10)12-3(7,8)9;/h4-7,10-11,18H,3,8-9,12-13H2,1-2H3,(H2,25,26,29);2-7,14H,8-9,19H2,1H3;4-6H2,1-3H3;2-4,6H2,1H3;;1H. The van der Waals surface area contributed by atoms with Gasteiger partial charge in [-0.3, -0.25) is 9.59 Å². The van der Waals surface area contributed by atoms with Crippen LogP contribution >= 0.6 is 128 Å². The topological polar surface area (TPSA) is 191 Å². The third-order valence-electron chi connectivity index (χ3n) is 11.2. The minimum absolute atomic E-state index is 0. The fourth-order valence-electron chi connectivity index (χ4n) is 7.71.